The number of carbonyl (C=O) groups is 1. The van der Waals surface area contributed by atoms with Gasteiger partial charge in [-0.15, -0.1) is 0 Å². The van der Waals surface area contributed by atoms with Gasteiger partial charge < -0.3 is 15.4 Å². The molecule has 1 amide bonds. The van der Waals surface area contributed by atoms with Crippen molar-refractivity contribution in [1.82, 2.24) is 10.6 Å². The third-order valence-electron chi connectivity index (χ3n) is 4.42. The molecule has 0 bridgehead atoms. The molecule has 0 spiro atoms. The molecule has 3 rings (SSSR count). The van der Waals surface area contributed by atoms with E-state index < -0.39 is 0 Å². The minimum Gasteiger partial charge on any atom is -0.489 e. The summed E-state index contributed by atoms with van der Waals surface area (Å²) in [4.78, 5) is 12.2. The lowest BCUT2D eigenvalue weighted by molar-refractivity contribution is -0.122. The van der Waals surface area contributed by atoms with Crippen molar-refractivity contribution in [3.63, 3.8) is 0 Å². The van der Waals surface area contributed by atoms with Crippen LogP contribution in [-0.4, -0.2) is 25.6 Å². The highest BCUT2D eigenvalue weighted by Crippen LogP contribution is 2.42. The van der Waals surface area contributed by atoms with Crippen LogP contribution in [0.5, 0.6) is 5.75 Å². The Hall–Kier alpha value is -0.970. The van der Waals surface area contributed by atoms with Gasteiger partial charge in [0.1, 0.15) is 17.4 Å². The number of nitrogens with one attached hydrogen (secondary N) is 2. The smallest absolute Gasteiger partial charge is 0.220 e. The molecule has 1 atom stereocenters. The molecule has 2 aliphatic rings. The van der Waals surface area contributed by atoms with Crippen LogP contribution < -0.4 is 15.4 Å². The zero-order chi connectivity index (χ0) is 15.5. The summed E-state index contributed by atoms with van der Waals surface area (Å²) >= 11 is 12.1. The highest BCUT2D eigenvalue weighted by Gasteiger charge is 2.28. The summed E-state index contributed by atoms with van der Waals surface area (Å²) in [5.41, 5.74) is 0.907. The lowest BCUT2D eigenvalue weighted by Gasteiger charge is -2.22. The third-order valence-corrected chi connectivity index (χ3v) is 5.21. The van der Waals surface area contributed by atoms with Gasteiger partial charge in [-0.25, -0.2) is 0 Å². The molecule has 120 valence electrons. The van der Waals surface area contributed by atoms with Crippen LogP contribution in [0.2, 0.25) is 10.0 Å². The Bertz CT molecular complexity index is 559. The minimum absolute atomic E-state index is 0.0751. The lowest BCUT2D eigenvalue weighted by atomic mass is 9.93. The molecule has 0 aliphatic carbocycles. The highest BCUT2D eigenvalue weighted by molar-refractivity contribution is 6.43. The zero-order valence-corrected chi connectivity index (χ0v) is 13.8. The second-order valence-electron chi connectivity index (χ2n) is 5.94. The number of amides is 1. The molecule has 1 aromatic rings. The van der Waals surface area contributed by atoms with Crippen LogP contribution in [0.25, 0.3) is 0 Å². The largest absolute Gasteiger partial charge is 0.489 e. The highest BCUT2D eigenvalue weighted by atomic mass is 35.5. The fraction of sp³-hybridized carbons (Fsp3) is 0.562. The van der Waals surface area contributed by atoms with Crippen molar-refractivity contribution < 1.29 is 9.53 Å². The van der Waals surface area contributed by atoms with Crippen LogP contribution in [0.15, 0.2) is 12.1 Å². The number of ether oxygens (including phenoxy) is 1. The maximum Gasteiger partial charge on any atom is 0.220 e. The van der Waals surface area contributed by atoms with Crippen LogP contribution in [0.3, 0.4) is 0 Å². The number of piperidine rings is 1. The van der Waals surface area contributed by atoms with Gasteiger partial charge in [0.25, 0.3) is 0 Å². The second kappa shape index (κ2) is 7.07. The van der Waals surface area contributed by atoms with E-state index in [9.17, 15) is 4.79 Å². The minimum atomic E-state index is -0.134. The maximum atomic E-state index is 12.2. The van der Waals surface area contributed by atoms with E-state index in [1.54, 1.807) is 6.07 Å². The molecule has 1 aromatic carbocycles. The van der Waals surface area contributed by atoms with Crippen molar-refractivity contribution >= 4 is 29.1 Å². The Morgan fingerprint density at radius 1 is 1.32 bits per heavy atom. The lowest BCUT2D eigenvalue weighted by Crippen LogP contribution is -2.31. The number of carbonyl (C=O) groups excluding carboxylic acids is 1. The van der Waals surface area contributed by atoms with Gasteiger partial charge >= 0.3 is 0 Å². The Labute approximate surface area is 140 Å². The quantitative estimate of drug-likeness (QED) is 0.882. The molecular formula is C16H20Cl2N2O2. The fourth-order valence-electron chi connectivity index (χ4n) is 3.12. The van der Waals surface area contributed by atoms with Crippen molar-refractivity contribution in [1.29, 1.82) is 0 Å². The topological polar surface area (TPSA) is 50.4 Å². The summed E-state index contributed by atoms with van der Waals surface area (Å²) in [5.74, 6) is 1.33. The number of hydrogen-bond acceptors (Lipinski definition) is 3. The first-order valence-electron chi connectivity index (χ1n) is 7.76. The molecule has 0 saturated carbocycles. The van der Waals surface area contributed by atoms with E-state index in [1.165, 1.54) is 0 Å². The van der Waals surface area contributed by atoms with Crippen LogP contribution in [-0.2, 0) is 4.79 Å². The summed E-state index contributed by atoms with van der Waals surface area (Å²) in [6, 6.07) is 3.48. The van der Waals surface area contributed by atoms with E-state index in [2.05, 4.69) is 10.6 Å². The van der Waals surface area contributed by atoms with Crippen LogP contribution in [0, 0.1) is 5.92 Å². The molecule has 2 aliphatic heterocycles. The van der Waals surface area contributed by atoms with Gasteiger partial charge in [-0.05, 0) is 44.3 Å². The molecule has 1 unspecified atom stereocenters. The first kappa shape index (κ1) is 15.9. The summed E-state index contributed by atoms with van der Waals surface area (Å²) in [7, 11) is 0. The van der Waals surface area contributed by atoms with Gasteiger partial charge in [0, 0.05) is 12.0 Å². The Morgan fingerprint density at radius 2 is 2.09 bits per heavy atom. The molecule has 0 radical (unpaired) electrons. The Morgan fingerprint density at radius 3 is 2.86 bits per heavy atom. The predicted octanol–water partition coefficient (Wildman–Crippen LogP) is 3.32. The average Bonchev–Trinajstić information content (AvgIpc) is 2.93. The third kappa shape index (κ3) is 3.50. The molecule has 6 heteroatoms. The van der Waals surface area contributed by atoms with Crippen molar-refractivity contribution in [2.45, 2.75) is 31.7 Å². The molecule has 4 nitrogen and oxygen atoms in total. The maximum absolute atomic E-state index is 12.2. The number of fused-ring (bicyclic) bond motifs is 1. The van der Waals surface area contributed by atoms with E-state index in [4.69, 9.17) is 27.9 Å². The van der Waals surface area contributed by atoms with Crippen molar-refractivity contribution in [3.05, 3.63) is 27.7 Å². The molecule has 1 saturated heterocycles. The van der Waals surface area contributed by atoms with Gasteiger partial charge in [-0.2, -0.15) is 0 Å². The van der Waals surface area contributed by atoms with E-state index in [0.717, 1.165) is 37.9 Å². The van der Waals surface area contributed by atoms with Crippen molar-refractivity contribution in [2.75, 3.05) is 19.7 Å². The van der Waals surface area contributed by atoms with Gasteiger partial charge in [0.05, 0.1) is 11.1 Å². The number of halogens is 2. The molecule has 2 heterocycles. The zero-order valence-electron chi connectivity index (χ0n) is 12.3. The van der Waals surface area contributed by atoms with Crippen molar-refractivity contribution in [2.24, 2.45) is 5.92 Å². The standard InChI is InChI=1S/C16H20Cl2N2O2/c17-12-3-2-11-13(9-22-16(11)15(12)18)20-14(21)4-1-10-5-7-19-8-6-10/h2-3,10,13,19H,1,4-9H2,(H,20,21). The summed E-state index contributed by atoms with van der Waals surface area (Å²) in [6.45, 7) is 2.54. The summed E-state index contributed by atoms with van der Waals surface area (Å²) in [6.07, 6.45) is 3.85. The first-order valence-corrected chi connectivity index (χ1v) is 8.51. The van der Waals surface area contributed by atoms with Crippen molar-refractivity contribution in [3.8, 4) is 5.75 Å². The monoisotopic (exact) mass is 342 g/mol. The van der Waals surface area contributed by atoms with Crippen LogP contribution in [0.1, 0.15) is 37.3 Å². The molecule has 22 heavy (non-hydrogen) atoms. The number of rotatable bonds is 4. The van der Waals surface area contributed by atoms with E-state index in [0.29, 0.717) is 34.7 Å². The van der Waals surface area contributed by atoms with Crippen LogP contribution in [0.4, 0.5) is 0 Å². The first-order chi connectivity index (χ1) is 10.6. The summed E-state index contributed by atoms with van der Waals surface area (Å²) in [5, 5.41) is 7.27. The normalized spacial score (nSPS) is 21.3. The van der Waals surface area contributed by atoms with E-state index >= 15 is 0 Å². The van der Waals surface area contributed by atoms with Gasteiger partial charge in [-0.1, -0.05) is 29.3 Å². The molecular weight excluding hydrogens is 323 g/mol. The van der Waals surface area contributed by atoms with Gasteiger partial charge in [0.15, 0.2) is 0 Å². The average molecular weight is 343 g/mol. The predicted molar refractivity (Wildman–Crippen MR) is 87.7 cm³/mol. The van der Waals surface area contributed by atoms with Gasteiger partial charge in [-0.3, -0.25) is 4.79 Å². The Kier molecular flexibility index (Phi) is 5.11. The number of hydrogen-bond donors (Lipinski definition) is 2. The number of benzene rings is 1. The molecule has 1 fully saturated rings. The summed E-state index contributed by atoms with van der Waals surface area (Å²) < 4.78 is 5.58. The SMILES string of the molecule is O=C(CCC1CCNCC1)NC1COc2c1ccc(Cl)c2Cl. The molecule has 0 aromatic heterocycles. The van der Waals surface area contributed by atoms with E-state index in [-0.39, 0.29) is 11.9 Å². The Balaban J connectivity index is 1.54. The second-order valence-corrected chi connectivity index (χ2v) is 6.73. The van der Waals surface area contributed by atoms with Gasteiger partial charge in [0.2, 0.25) is 5.91 Å². The molecule has 2 N–H and O–H groups in total. The van der Waals surface area contributed by atoms with Crippen LogP contribution >= 0.6 is 23.2 Å². The van der Waals surface area contributed by atoms with E-state index in [1.807, 2.05) is 6.07 Å². The fourth-order valence-corrected chi connectivity index (χ4v) is 3.49.